The van der Waals surface area contributed by atoms with Gasteiger partial charge in [0, 0.05) is 11.4 Å². The minimum Gasteiger partial charge on any atom is -0.378 e. The molecule has 12 heavy (non-hydrogen) atoms. The van der Waals surface area contributed by atoms with Crippen LogP contribution in [0.25, 0.3) is 0 Å². The van der Waals surface area contributed by atoms with E-state index in [1.807, 2.05) is 0 Å². The van der Waals surface area contributed by atoms with E-state index in [0.29, 0.717) is 11.4 Å². The average Bonchev–Trinajstić information content (AvgIpc) is 2.09. The lowest BCUT2D eigenvalue weighted by molar-refractivity contribution is 0.231. The molecular weight excluding hydrogens is 174 g/mol. The van der Waals surface area contributed by atoms with Crippen molar-refractivity contribution in [3.63, 3.8) is 0 Å². The van der Waals surface area contributed by atoms with Crippen LogP contribution in [0.1, 0.15) is 5.56 Å². The van der Waals surface area contributed by atoms with Crippen molar-refractivity contribution in [3.05, 3.63) is 34.9 Å². The largest absolute Gasteiger partial charge is 0.378 e. The number of benzene rings is 1. The summed E-state index contributed by atoms with van der Waals surface area (Å²) < 4.78 is 0. The fraction of sp³-hybridized carbons (Fsp3) is 0.222. The highest BCUT2D eigenvalue weighted by molar-refractivity contribution is 6.30. The molecule has 2 nitrogen and oxygen atoms in total. The van der Waals surface area contributed by atoms with Crippen LogP contribution in [-0.2, 0) is 6.42 Å². The van der Waals surface area contributed by atoms with Crippen molar-refractivity contribution in [2.45, 2.75) is 12.5 Å². The highest BCUT2D eigenvalue weighted by Gasteiger charge is 2.02. The van der Waals surface area contributed by atoms with Crippen LogP contribution in [0.15, 0.2) is 24.3 Å². The molecule has 0 saturated heterocycles. The SMILES string of the molecule is N#CC(O)Cc1ccc(Cl)cc1. The molecule has 0 aromatic heterocycles. The summed E-state index contributed by atoms with van der Waals surface area (Å²) in [4.78, 5) is 0. The van der Waals surface area contributed by atoms with Crippen LogP contribution >= 0.6 is 11.6 Å². The third-order valence-corrected chi connectivity index (χ3v) is 1.74. The van der Waals surface area contributed by atoms with Gasteiger partial charge in [-0.05, 0) is 17.7 Å². The Hall–Kier alpha value is -1.04. The van der Waals surface area contributed by atoms with Gasteiger partial charge in [-0.2, -0.15) is 5.26 Å². The van der Waals surface area contributed by atoms with E-state index < -0.39 is 6.10 Å². The van der Waals surface area contributed by atoms with Gasteiger partial charge in [-0.3, -0.25) is 0 Å². The molecule has 0 bridgehead atoms. The Kier molecular flexibility index (Phi) is 3.09. The standard InChI is InChI=1S/C9H8ClNO/c10-8-3-1-7(2-4-8)5-9(12)6-11/h1-4,9,12H,5H2. The van der Waals surface area contributed by atoms with Crippen LogP contribution in [0.2, 0.25) is 5.02 Å². The van der Waals surface area contributed by atoms with Crippen molar-refractivity contribution in [1.29, 1.82) is 5.26 Å². The van der Waals surface area contributed by atoms with Gasteiger partial charge < -0.3 is 5.11 Å². The van der Waals surface area contributed by atoms with Crippen LogP contribution in [0.3, 0.4) is 0 Å². The quantitative estimate of drug-likeness (QED) is 0.707. The molecule has 0 fully saturated rings. The summed E-state index contributed by atoms with van der Waals surface area (Å²) in [5.74, 6) is 0. The van der Waals surface area contributed by atoms with Crippen LogP contribution in [0.4, 0.5) is 0 Å². The first-order chi connectivity index (χ1) is 5.72. The third kappa shape index (κ3) is 2.54. The zero-order valence-corrected chi connectivity index (χ0v) is 7.12. The van der Waals surface area contributed by atoms with E-state index in [1.165, 1.54) is 0 Å². The molecule has 0 aliphatic heterocycles. The lowest BCUT2D eigenvalue weighted by Crippen LogP contribution is -2.06. The van der Waals surface area contributed by atoms with E-state index in [2.05, 4.69) is 0 Å². The fourth-order valence-corrected chi connectivity index (χ4v) is 1.02. The molecule has 0 aliphatic rings. The maximum atomic E-state index is 8.99. The van der Waals surface area contributed by atoms with Gasteiger partial charge in [0.2, 0.25) is 0 Å². The zero-order valence-electron chi connectivity index (χ0n) is 6.37. The monoisotopic (exact) mass is 181 g/mol. The summed E-state index contributed by atoms with van der Waals surface area (Å²) >= 11 is 5.65. The number of rotatable bonds is 2. The predicted octanol–water partition coefficient (Wildman–Crippen LogP) is 1.77. The van der Waals surface area contributed by atoms with Crippen molar-refractivity contribution >= 4 is 11.6 Å². The van der Waals surface area contributed by atoms with Gasteiger partial charge in [0.25, 0.3) is 0 Å². The number of hydrogen-bond donors (Lipinski definition) is 1. The molecule has 0 radical (unpaired) electrons. The zero-order chi connectivity index (χ0) is 8.97. The van der Waals surface area contributed by atoms with Crippen molar-refractivity contribution in [3.8, 4) is 6.07 Å². The first-order valence-corrected chi connectivity index (χ1v) is 3.92. The minimum atomic E-state index is -0.925. The lowest BCUT2D eigenvalue weighted by Gasteiger charge is -2.01. The smallest absolute Gasteiger partial charge is 0.144 e. The van der Waals surface area contributed by atoms with Gasteiger partial charge >= 0.3 is 0 Å². The summed E-state index contributed by atoms with van der Waals surface area (Å²) in [6.45, 7) is 0. The van der Waals surface area contributed by atoms with Crippen molar-refractivity contribution in [1.82, 2.24) is 0 Å². The van der Waals surface area contributed by atoms with Gasteiger partial charge in [0.1, 0.15) is 6.10 Å². The summed E-state index contributed by atoms with van der Waals surface area (Å²) in [6.07, 6.45) is -0.570. The molecule has 1 aromatic carbocycles. The van der Waals surface area contributed by atoms with E-state index >= 15 is 0 Å². The molecule has 1 N–H and O–H groups in total. The molecule has 1 atom stereocenters. The molecule has 0 amide bonds. The number of nitrogens with zero attached hydrogens (tertiary/aromatic N) is 1. The van der Waals surface area contributed by atoms with Gasteiger partial charge in [-0.1, -0.05) is 23.7 Å². The summed E-state index contributed by atoms with van der Waals surface area (Å²) in [5, 5.41) is 18.0. The Bertz CT molecular complexity index is 288. The van der Waals surface area contributed by atoms with Gasteiger partial charge in [0.15, 0.2) is 0 Å². The van der Waals surface area contributed by atoms with Crippen LogP contribution in [0.5, 0.6) is 0 Å². The molecule has 1 unspecified atom stereocenters. The number of hydrogen-bond acceptors (Lipinski definition) is 2. The Morgan fingerprint density at radius 1 is 1.42 bits per heavy atom. The Balaban J connectivity index is 2.66. The first kappa shape index (κ1) is 9.05. The second kappa shape index (κ2) is 4.10. The third-order valence-electron chi connectivity index (χ3n) is 1.49. The molecule has 1 rings (SSSR count). The lowest BCUT2D eigenvalue weighted by atomic mass is 10.1. The van der Waals surface area contributed by atoms with Gasteiger partial charge in [-0.15, -0.1) is 0 Å². The van der Waals surface area contributed by atoms with Crippen LogP contribution in [-0.4, -0.2) is 11.2 Å². The average molecular weight is 182 g/mol. The molecular formula is C9H8ClNO. The van der Waals surface area contributed by atoms with Crippen molar-refractivity contribution < 1.29 is 5.11 Å². The van der Waals surface area contributed by atoms with Crippen LogP contribution in [0, 0.1) is 11.3 Å². The Morgan fingerprint density at radius 3 is 2.50 bits per heavy atom. The van der Waals surface area contributed by atoms with Gasteiger partial charge in [-0.25, -0.2) is 0 Å². The van der Waals surface area contributed by atoms with Gasteiger partial charge in [0.05, 0.1) is 6.07 Å². The van der Waals surface area contributed by atoms with Crippen molar-refractivity contribution in [2.24, 2.45) is 0 Å². The van der Waals surface area contributed by atoms with E-state index in [0.717, 1.165) is 5.56 Å². The second-order valence-corrected chi connectivity index (χ2v) is 2.91. The molecule has 0 spiro atoms. The molecule has 62 valence electrons. The van der Waals surface area contributed by atoms with E-state index in [-0.39, 0.29) is 0 Å². The number of nitriles is 1. The molecule has 0 heterocycles. The number of aliphatic hydroxyl groups is 1. The first-order valence-electron chi connectivity index (χ1n) is 3.54. The highest BCUT2D eigenvalue weighted by Crippen LogP contribution is 2.10. The van der Waals surface area contributed by atoms with E-state index in [9.17, 15) is 0 Å². The number of aliphatic hydroxyl groups excluding tert-OH is 1. The van der Waals surface area contributed by atoms with E-state index in [4.69, 9.17) is 22.0 Å². The summed E-state index contributed by atoms with van der Waals surface area (Å²) in [5.41, 5.74) is 0.911. The molecule has 0 aliphatic carbocycles. The fourth-order valence-electron chi connectivity index (χ4n) is 0.889. The molecule has 0 saturated carbocycles. The van der Waals surface area contributed by atoms with E-state index in [1.54, 1.807) is 30.3 Å². The minimum absolute atomic E-state index is 0.355. The second-order valence-electron chi connectivity index (χ2n) is 2.48. The highest BCUT2D eigenvalue weighted by atomic mass is 35.5. The Morgan fingerprint density at radius 2 is 2.00 bits per heavy atom. The summed E-state index contributed by atoms with van der Waals surface area (Å²) in [7, 11) is 0. The number of halogens is 1. The van der Waals surface area contributed by atoms with Crippen molar-refractivity contribution in [2.75, 3.05) is 0 Å². The Labute approximate surface area is 76.0 Å². The topological polar surface area (TPSA) is 44.0 Å². The maximum absolute atomic E-state index is 8.99. The van der Waals surface area contributed by atoms with Crippen LogP contribution < -0.4 is 0 Å². The normalized spacial score (nSPS) is 12.1. The molecule has 1 aromatic rings. The molecule has 3 heteroatoms. The summed E-state index contributed by atoms with van der Waals surface area (Å²) in [6, 6.07) is 8.81. The predicted molar refractivity (Wildman–Crippen MR) is 46.8 cm³/mol. The maximum Gasteiger partial charge on any atom is 0.144 e.